The van der Waals surface area contributed by atoms with Crippen LogP contribution in [0.15, 0.2) is 24.5 Å². The van der Waals surface area contributed by atoms with Crippen LogP contribution >= 0.6 is 0 Å². The highest BCUT2D eigenvalue weighted by Gasteiger charge is 2.30. The number of hydrogen-bond acceptors (Lipinski definition) is 5. The third kappa shape index (κ3) is 3.71. The summed E-state index contributed by atoms with van der Waals surface area (Å²) in [7, 11) is 0. The molecule has 2 amide bonds. The van der Waals surface area contributed by atoms with Crippen LogP contribution in [0.4, 0.5) is 11.4 Å². The van der Waals surface area contributed by atoms with Crippen LogP contribution in [0.5, 0.6) is 0 Å². The van der Waals surface area contributed by atoms with E-state index in [2.05, 4.69) is 25.6 Å². The molecule has 2 aliphatic rings. The van der Waals surface area contributed by atoms with E-state index >= 15 is 0 Å². The molecule has 0 aliphatic carbocycles. The molecule has 0 bridgehead atoms. The van der Waals surface area contributed by atoms with Crippen molar-refractivity contribution in [2.45, 2.75) is 38.6 Å². The predicted octanol–water partition coefficient (Wildman–Crippen LogP) is 1.81. The van der Waals surface area contributed by atoms with Gasteiger partial charge in [-0.25, -0.2) is 9.67 Å². The number of aromatic nitrogens is 3. The van der Waals surface area contributed by atoms with E-state index in [-0.39, 0.29) is 17.7 Å². The molecule has 0 radical (unpaired) electrons. The summed E-state index contributed by atoms with van der Waals surface area (Å²) in [5.74, 6) is 0.574. The lowest BCUT2D eigenvalue weighted by Crippen LogP contribution is -2.31. The van der Waals surface area contributed by atoms with Crippen molar-refractivity contribution in [3.63, 3.8) is 0 Å². The van der Waals surface area contributed by atoms with Gasteiger partial charge in [-0.2, -0.15) is 5.10 Å². The maximum Gasteiger partial charge on any atom is 0.238 e. The molecule has 1 aromatic heterocycles. The molecule has 142 valence electrons. The zero-order valence-corrected chi connectivity index (χ0v) is 15.4. The fraction of sp³-hybridized carbons (Fsp3) is 0.474. The van der Waals surface area contributed by atoms with Crippen LogP contribution < -0.4 is 10.6 Å². The number of nitrogens with zero attached hydrogens (tertiary/aromatic N) is 4. The van der Waals surface area contributed by atoms with Crippen LogP contribution in [-0.2, 0) is 16.1 Å². The minimum atomic E-state index is -0.134. The van der Waals surface area contributed by atoms with Crippen LogP contribution in [0.25, 0.3) is 0 Å². The molecule has 1 unspecified atom stereocenters. The second-order valence-corrected chi connectivity index (χ2v) is 7.07. The molecule has 1 saturated heterocycles. The van der Waals surface area contributed by atoms with Crippen molar-refractivity contribution >= 4 is 23.2 Å². The largest absolute Gasteiger partial charge is 0.326 e. The van der Waals surface area contributed by atoms with Gasteiger partial charge in [-0.15, -0.1) is 0 Å². The fourth-order valence-electron chi connectivity index (χ4n) is 3.90. The zero-order chi connectivity index (χ0) is 18.8. The zero-order valence-electron chi connectivity index (χ0n) is 15.4. The molecule has 0 saturated carbocycles. The molecule has 1 fully saturated rings. The Bertz CT molecular complexity index is 856. The number of aryl methyl sites for hydroxylation is 1. The number of likely N-dealkylation sites (tertiary alicyclic amines) is 1. The second kappa shape index (κ2) is 7.48. The first-order chi connectivity index (χ1) is 13.1. The Morgan fingerprint density at radius 2 is 2.15 bits per heavy atom. The van der Waals surface area contributed by atoms with Gasteiger partial charge in [-0.1, -0.05) is 6.07 Å². The van der Waals surface area contributed by atoms with E-state index in [0.29, 0.717) is 25.2 Å². The summed E-state index contributed by atoms with van der Waals surface area (Å²) in [5.41, 5.74) is 2.41. The van der Waals surface area contributed by atoms with Gasteiger partial charge in [0.15, 0.2) is 0 Å². The summed E-state index contributed by atoms with van der Waals surface area (Å²) in [6.07, 6.45) is 4.17. The Morgan fingerprint density at radius 1 is 1.33 bits per heavy atom. The van der Waals surface area contributed by atoms with Crippen LogP contribution in [0.2, 0.25) is 0 Å². The minimum Gasteiger partial charge on any atom is -0.326 e. The van der Waals surface area contributed by atoms with Crippen LogP contribution in [0.3, 0.4) is 0 Å². The van der Waals surface area contributed by atoms with Gasteiger partial charge in [-0.3, -0.25) is 14.5 Å². The number of anilines is 2. The van der Waals surface area contributed by atoms with Crippen molar-refractivity contribution in [3.8, 4) is 0 Å². The van der Waals surface area contributed by atoms with Crippen molar-refractivity contribution in [1.82, 2.24) is 19.7 Å². The Hall–Kier alpha value is -2.74. The van der Waals surface area contributed by atoms with E-state index in [1.165, 1.54) is 6.33 Å². The summed E-state index contributed by atoms with van der Waals surface area (Å²) < 4.78 is 1.82. The number of amides is 2. The summed E-state index contributed by atoms with van der Waals surface area (Å²) in [6.45, 7) is 5.07. The van der Waals surface area contributed by atoms with Crippen LogP contribution in [-0.4, -0.2) is 51.1 Å². The van der Waals surface area contributed by atoms with E-state index in [1.807, 2.05) is 29.8 Å². The standard InChI is InChI=1S/C19H24N6O2/c1-2-25-19(20-12-21-25)15-10-17(26)23-16-9-13(5-6-14(15)16)22-18(27)11-24-7-3-4-8-24/h5-6,9,12,15H,2-4,7-8,10-11H2,1H3,(H,22,27)(H,23,26). The van der Waals surface area contributed by atoms with Crippen molar-refractivity contribution in [1.29, 1.82) is 0 Å². The average molecular weight is 368 g/mol. The summed E-state index contributed by atoms with van der Waals surface area (Å²) in [4.78, 5) is 31.0. The topological polar surface area (TPSA) is 92.1 Å². The van der Waals surface area contributed by atoms with E-state index in [0.717, 1.165) is 43.0 Å². The molecule has 2 N–H and O–H groups in total. The van der Waals surface area contributed by atoms with E-state index in [1.54, 1.807) is 0 Å². The maximum atomic E-state index is 12.3. The molecule has 4 rings (SSSR count). The summed E-state index contributed by atoms with van der Waals surface area (Å²) in [6, 6.07) is 5.67. The van der Waals surface area contributed by atoms with Gasteiger partial charge in [0.05, 0.1) is 12.5 Å². The van der Waals surface area contributed by atoms with Crippen molar-refractivity contribution in [2.75, 3.05) is 30.3 Å². The summed E-state index contributed by atoms with van der Waals surface area (Å²) in [5, 5.41) is 10.1. The molecule has 3 heterocycles. The first-order valence-corrected chi connectivity index (χ1v) is 9.47. The average Bonchev–Trinajstić information content (AvgIpc) is 3.31. The van der Waals surface area contributed by atoms with Gasteiger partial charge in [-0.05, 0) is 50.6 Å². The Balaban J connectivity index is 1.54. The predicted molar refractivity (Wildman–Crippen MR) is 102 cm³/mol. The van der Waals surface area contributed by atoms with Gasteiger partial charge in [0.25, 0.3) is 0 Å². The number of carbonyl (C=O) groups is 2. The molecular weight excluding hydrogens is 344 g/mol. The Kier molecular flexibility index (Phi) is 4.89. The maximum absolute atomic E-state index is 12.3. The Morgan fingerprint density at radius 3 is 2.93 bits per heavy atom. The highest BCUT2D eigenvalue weighted by atomic mass is 16.2. The first-order valence-electron chi connectivity index (χ1n) is 9.47. The first kappa shape index (κ1) is 17.7. The van der Waals surface area contributed by atoms with Crippen LogP contribution in [0, 0.1) is 0 Å². The molecule has 8 nitrogen and oxygen atoms in total. The third-order valence-corrected chi connectivity index (χ3v) is 5.20. The van der Waals surface area contributed by atoms with Crippen molar-refractivity contribution in [3.05, 3.63) is 35.9 Å². The number of benzene rings is 1. The number of carbonyl (C=O) groups excluding carboxylic acids is 2. The van der Waals surface area contributed by atoms with E-state index < -0.39 is 0 Å². The molecular formula is C19H24N6O2. The van der Waals surface area contributed by atoms with Gasteiger partial charge in [0, 0.05) is 24.3 Å². The number of rotatable bonds is 5. The SMILES string of the molecule is CCn1ncnc1C1CC(=O)Nc2cc(NC(=O)CN3CCCC3)ccc21. The molecule has 27 heavy (non-hydrogen) atoms. The number of hydrogen-bond donors (Lipinski definition) is 2. The third-order valence-electron chi connectivity index (χ3n) is 5.20. The molecule has 1 aromatic carbocycles. The van der Waals surface area contributed by atoms with Crippen molar-refractivity contribution in [2.24, 2.45) is 0 Å². The lowest BCUT2D eigenvalue weighted by Gasteiger charge is -2.26. The quantitative estimate of drug-likeness (QED) is 0.840. The highest BCUT2D eigenvalue weighted by Crippen LogP contribution is 2.37. The highest BCUT2D eigenvalue weighted by molar-refractivity contribution is 5.97. The van der Waals surface area contributed by atoms with Gasteiger partial charge in [0.1, 0.15) is 12.2 Å². The second-order valence-electron chi connectivity index (χ2n) is 7.07. The molecule has 1 atom stereocenters. The Labute approximate surface area is 158 Å². The number of nitrogens with one attached hydrogen (secondary N) is 2. The molecule has 8 heteroatoms. The van der Waals surface area contributed by atoms with Gasteiger partial charge in [0.2, 0.25) is 11.8 Å². The van der Waals surface area contributed by atoms with Crippen molar-refractivity contribution < 1.29 is 9.59 Å². The van der Waals surface area contributed by atoms with E-state index in [9.17, 15) is 9.59 Å². The lowest BCUT2D eigenvalue weighted by molar-refractivity contribution is -0.117. The van der Waals surface area contributed by atoms with E-state index in [4.69, 9.17) is 0 Å². The normalized spacial score (nSPS) is 19.6. The fourth-order valence-corrected chi connectivity index (χ4v) is 3.90. The smallest absolute Gasteiger partial charge is 0.238 e. The van der Waals surface area contributed by atoms with Gasteiger partial charge < -0.3 is 10.6 Å². The van der Waals surface area contributed by atoms with Crippen LogP contribution in [0.1, 0.15) is 43.5 Å². The molecule has 2 aromatic rings. The minimum absolute atomic E-state index is 0.0266. The summed E-state index contributed by atoms with van der Waals surface area (Å²) >= 11 is 0. The molecule has 0 spiro atoms. The number of fused-ring (bicyclic) bond motifs is 1. The monoisotopic (exact) mass is 368 g/mol. The molecule has 2 aliphatic heterocycles. The lowest BCUT2D eigenvalue weighted by atomic mass is 9.89. The van der Waals surface area contributed by atoms with Gasteiger partial charge >= 0.3 is 0 Å².